The number of nitro benzene ring substituents is 1. The summed E-state index contributed by atoms with van der Waals surface area (Å²) in [6.45, 7) is 2.43. The number of carbonyl (C=O) groups excluding carboxylic acids is 2. The first kappa shape index (κ1) is 21.4. The highest BCUT2D eigenvalue weighted by molar-refractivity contribution is 7.89. The van der Waals surface area contributed by atoms with E-state index < -0.39 is 20.9 Å². The molecule has 0 unspecified atom stereocenters. The van der Waals surface area contributed by atoms with Gasteiger partial charge in [0, 0.05) is 56.5 Å². The maximum absolute atomic E-state index is 12.9. The zero-order valence-electron chi connectivity index (χ0n) is 16.1. The lowest BCUT2D eigenvalue weighted by Crippen LogP contribution is -2.49. The predicted molar refractivity (Wildman–Crippen MR) is 109 cm³/mol. The Kier molecular flexibility index (Phi) is 6.13. The first-order valence-corrected chi connectivity index (χ1v) is 10.5. The van der Waals surface area contributed by atoms with Crippen LogP contribution in [0.1, 0.15) is 17.3 Å². The van der Waals surface area contributed by atoms with Crippen molar-refractivity contribution in [2.75, 3.05) is 31.5 Å². The van der Waals surface area contributed by atoms with Gasteiger partial charge >= 0.3 is 0 Å². The second-order valence-corrected chi connectivity index (χ2v) is 8.63. The Morgan fingerprint density at radius 1 is 1.03 bits per heavy atom. The minimum Gasteiger partial charge on any atom is -0.340 e. The quantitative estimate of drug-likeness (QED) is 0.565. The van der Waals surface area contributed by atoms with Gasteiger partial charge in [-0.25, -0.2) is 8.42 Å². The van der Waals surface area contributed by atoms with Crippen LogP contribution in [0.5, 0.6) is 0 Å². The molecule has 2 aromatic rings. The van der Waals surface area contributed by atoms with E-state index in [1.165, 1.54) is 59.8 Å². The van der Waals surface area contributed by atoms with E-state index >= 15 is 0 Å². The van der Waals surface area contributed by atoms with Crippen LogP contribution in [0.3, 0.4) is 0 Å². The summed E-state index contributed by atoms with van der Waals surface area (Å²) in [6, 6.07) is 11.0. The Bertz CT molecular complexity index is 1080. The van der Waals surface area contributed by atoms with Crippen LogP contribution in [0.2, 0.25) is 0 Å². The molecule has 0 atom stereocenters. The molecule has 3 rings (SSSR count). The van der Waals surface area contributed by atoms with Crippen molar-refractivity contribution >= 4 is 33.2 Å². The van der Waals surface area contributed by atoms with Gasteiger partial charge in [-0.05, 0) is 30.3 Å². The van der Waals surface area contributed by atoms with Crippen molar-refractivity contribution in [2.24, 2.45) is 0 Å². The first-order chi connectivity index (χ1) is 14.2. The van der Waals surface area contributed by atoms with Gasteiger partial charge in [0.2, 0.25) is 15.9 Å². The molecule has 2 aromatic carbocycles. The molecular weight excluding hydrogens is 412 g/mol. The Morgan fingerprint density at radius 3 is 2.23 bits per heavy atom. The summed E-state index contributed by atoms with van der Waals surface area (Å²) in [5.41, 5.74) is 0.377. The van der Waals surface area contributed by atoms with Crippen molar-refractivity contribution in [3.63, 3.8) is 0 Å². The Hall–Kier alpha value is -3.31. The number of non-ortho nitro benzene ring substituents is 1. The SMILES string of the molecule is CC(=O)N1CCN(S(=O)(=O)c2cccc(C(=O)Nc3ccc([N+](=O)[O-])cc3)c2)CC1. The largest absolute Gasteiger partial charge is 0.340 e. The molecule has 1 aliphatic rings. The number of anilines is 1. The molecule has 10 nitrogen and oxygen atoms in total. The van der Waals surface area contributed by atoms with E-state index in [-0.39, 0.29) is 35.1 Å². The molecule has 0 radical (unpaired) electrons. The number of sulfonamides is 1. The highest BCUT2D eigenvalue weighted by Gasteiger charge is 2.29. The lowest BCUT2D eigenvalue weighted by atomic mass is 10.2. The van der Waals surface area contributed by atoms with Crippen LogP contribution in [0, 0.1) is 10.1 Å². The average Bonchev–Trinajstić information content (AvgIpc) is 2.74. The number of nitrogens with zero attached hydrogens (tertiary/aromatic N) is 3. The van der Waals surface area contributed by atoms with Gasteiger partial charge in [-0.15, -0.1) is 0 Å². The zero-order chi connectivity index (χ0) is 21.9. The van der Waals surface area contributed by atoms with Gasteiger partial charge in [-0.2, -0.15) is 4.31 Å². The molecule has 0 aliphatic carbocycles. The molecule has 2 amide bonds. The molecule has 11 heteroatoms. The third-order valence-electron chi connectivity index (χ3n) is 4.75. The summed E-state index contributed by atoms with van der Waals surface area (Å²) in [5, 5.41) is 13.3. The Morgan fingerprint density at radius 2 is 1.67 bits per heavy atom. The van der Waals surface area contributed by atoms with E-state index in [1.807, 2.05) is 0 Å². The van der Waals surface area contributed by atoms with Crippen molar-refractivity contribution in [2.45, 2.75) is 11.8 Å². The minimum absolute atomic E-state index is 0.0184. The van der Waals surface area contributed by atoms with Crippen LogP contribution in [0.25, 0.3) is 0 Å². The number of carbonyl (C=O) groups is 2. The van der Waals surface area contributed by atoms with Gasteiger partial charge in [0.25, 0.3) is 11.6 Å². The zero-order valence-corrected chi connectivity index (χ0v) is 17.0. The van der Waals surface area contributed by atoms with E-state index in [4.69, 9.17) is 0 Å². The number of nitrogens with one attached hydrogen (secondary N) is 1. The third-order valence-corrected chi connectivity index (χ3v) is 6.65. The Balaban J connectivity index is 1.74. The molecule has 1 saturated heterocycles. The lowest BCUT2D eigenvalue weighted by molar-refractivity contribution is -0.384. The smallest absolute Gasteiger partial charge is 0.269 e. The van der Waals surface area contributed by atoms with Gasteiger partial charge in [-0.1, -0.05) is 6.07 Å². The summed E-state index contributed by atoms with van der Waals surface area (Å²) in [4.78, 5) is 35.7. The maximum atomic E-state index is 12.9. The van der Waals surface area contributed by atoms with E-state index in [9.17, 15) is 28.1 Å². The summed E-state index contributed by atoms with van der Waals surface area (Å²) >= 11 is 0. The molecule has 0 bridgehead atoms. The van der Waals surface area contributed by atoms with E-state index in [0.717, 1.165) is 0 Å². The number of nitro groups is 1. The molecule has 1 aliphatic heterocycles. The summed E-state index contributed by atoms with van der Waals surface area (Å²) < 4.78 is 27.1. The number of rotatable bonds is 5. The highest BCUT2D eigenvalue weighted by Crippen LogP contribution is 2.20. The lowest BCUT2D eigenvalue weighted by Gasteiger charge is -2.33. The normalized spacial score (nSPS) is 14.9. The van der Waals surface area contributed by atoms with E-state index in [0.29, 0.717) is 18.8 Å². The third kappa shape index (κ3) is 4.63. The van der Waals surface area contributed by atoms with Crippen molar-refractivity contribution < 1.29 is 22.9 Å². The number of hydrogen-bond acceptors (Lipinski definition) is 6. The summed E-state index contributed by atoms with van der Waals surface area (Å²) in [7, 11) is -3.81. The molecule has 158 valence electrons. The monoisotopic (exact) mass is 432 g/mol. The molecule has 1 heterocycles. The first-order valence-electron chi connectivity index (χ1n) is 9.10. The van der Waals surface area contributed by atoms with Gasteiger partial charge in [-0.3, -0.25) is 19.7 Å². The molecule has 1 fully saturated rings. The fourth-order valence-corrected chi connectivity index (χ4v) is 4.53. The predicted octanol–water partition coefficient (Wildman–Crippen LogP) is 1.70. The molecular formula is C19H20N4O6S. The van der Waals surface area contributed by atoms with Gasteiger partial charge in [0.05, 0.1) is 9.82 Å². The molecule has 0 aromatic heterocycles. The average molecular weight is 432 g/mol. The van der Waals surface area contributed by atoms with Crippen LogP contribution in [0.15, 0.2) is 53.4 Å². The molecule has 0 spiro atoms. The Labute approximate surface area is 173 Å². The van der Waals surface area contributed by atoms with E-state index in [1.54, 1.807) is 4.90 Å². The van der Waals surface area contributed by atoms with Crippen molar-refractivity contribution in [3.05, 3.63) is 64.2 Å². The second kappa shape index (κ2) is 8.59. The standard InChI is InChI=1S/C19H20N4O6S/c1-14(24)21-9-11-22(12-10-21)30(28,29)18-4-2-3-15(13-18)19(25)20-16-5-7-17(8-6-16)23(26)27/h2-8,13H,9-12H2,1H3,(H,20,25). The van der Waals surface area contributed by atoms with Gasteiger partial charge in [0.15, 0.2) is 0 Å². The molecule has 0 saturated carbocycles. The number of benzene rings is 2. The van der Waals surface area contributed by atoms with Crippen LogP contribution in [-0.4, -0.2) is 60.5 Å². The second-order valence-electron chi connectivity index (χ2n) is 6.70. The van der Waals surface area contributed by atoms with Gasteiger partial charge in [0.1, 0.15) is 0 Å². The fourth-order valence-electron chi connectivity index (χ4n) is 3.06. The van der Waals surface area contributed by atoms with Crippen LogP contribution in [-0.2, 0) is 14.8 Å². The van der Waals surface area contributed by atoms with Crippen LogP contribution >= 0.6 is 0 Å². The van der Waals surface area contributed by atoms with Crippen molar-refractivity contribution in [1.82, 2.24) is 9.21 Å². The minimum atomic E-state index is -3.81. The molecule has 30 heavy (non-hydrogen) atoms. The maximum Gasteiger partial charge on any atom is 0.269 e. The highest BCUT2D eigenvalue weighted by atomic mass is 32.2. The summed E-state index contributed by atoms with van der Waals surface area (Å²) in [6.07, 6.45) is 0. The number of hydrogen-bond donors (Lipinski definition) is 1. The molecule has 1 N–H and O–H groups in total. The van der Waals surface area contributed by atoms with Crippen molar-refractivity contribution in [3.8, 4) is 0 Å². The van der Waals surface area contributed by atoms with Crippen LogP contribution < -0.4 is 5.32 Å². The number of amides is 2. The fraction of sp³-hybridized carbons (Fsp3) is 0.263. The summed E-state index contributed by atoms with van der Waals surface area (Å²) in [5.74, 6) is -0.640. The van der Waals surface area contributed by atoms with Crippen molar-refractivity contribution in [1.29, 1.82) is 0 Å². The number of piperazine rings is 1. The van der Waals surface area contributed by atoms with Gasteiger partial charge < -0.3 is 10.2 Å². The van der Waals surface area contributed by atoms with Crippen LogP contribution in [0.4, 0.5) is 11.4 Å². The van der Waals surface area contributed by atoms with E-state index in [2.05, 4.69) is 5.32 Å². The topological polar surface area (TPSA) is 130 Å².